The monoisotopic (exact) mass is 256 g/mol. The Labute approximate surface area is 103 Å². The molecule has 0 spiro atoms. The van der Waals surface area contributed by atoms with Crippen LogP contribution in [0.3, 0.4) is 0 Å². The van der Waals surface area contributed by atoms with Gasteiger partial charge in [0, 0.05) is 32.1 Å². The zero-order valence-electron chi connectivity index (χ0n) is 9.89. The van der Waals surface area contributed by atoms with Gasteiger partial charge >= 0.3 is 0 Å². The second kappa shape index (κ2) is 5.16. The number of nitrogens with one attached hydrogen (secondary N) is 3. The van der Waals surface area contributed by atoms with Crippen LogP contribution in [-0.4, -0.2) is 30.5 Å². The summed E-state index contributed by atoms with van der Waals surface area (Å²) in [6.07, 6.45) is 1.18. The molecule has 0 bridgehead atoms. The maximum absolute atomic E-state index is 13.4. The molecule has 1 amide bonds. The van der Waals surface area contributed by atoms with Gasteiger partial charge in [-0.15, -0.1) is 0 Å². The predicted octanol–water partition coefficient (Wildman–Crippen LogP) is 1.09. The van der Waals surface area contributed by atoms with Crippen molar-refractivity contribution in [3.8, 4) is 0 Å². The maximum atomic E-state index is 13.4. The highest BCUT2D eigenvalue weighted by Gasteiger charge is 2.21. The molecule has 7 heteroatoms. The average Bonchev–Trinajstić information content (AvgIpc) is 2.74. The second-order valence-corrected chi connectivity index (χ2v) is 4.08. The summed E-state index contributed by atoms with van der Waals surface area (Å²) in [4.78, 5) is 14.8. The molecule has 18 heavy (non-hydrogen) atoms. The molecular weight excluding hydrogens is 242 g/mol. The smallest absolute Gasteiger partial charge is 0.220 e. The highest BCUT2D eigenvalue weighted by molar-refractivity contribution is 5.78. The number of rotatable bonds is 4. The summed E-state index contributed by atoms with van der Waals surface area (Å²) in [6, 6.07) is 0.732. The van der Waals surface area contributed by atoms with Gasteiger partial charge in [0.15, 0.2) is 23.3 Å². The first kappa shape index (κ1) is 12.5. The number of amides is 1. The normalized spacial score (nSPS) is 18.6. The first-order valence-corrected chi connectivity index (χ1v) is 5.67. The fourth-order valence-corrected chi connectivity index (χ4v) is 1.82. The Balaban J connectivity index is 2.02. The standard InChI is InChI=1S/C11H14F2N4O/c1-14-10-7(12)4-8(13)11(17-10)15-5-6-2-3-9(18)16-6/h4,6H,2-3,5H2,1H3,(H,16,18)(H2,14,15,17). The molecule has 0 aromatic carbocycles. The Bertz CT molecular complexity index is 467. The average molecular weight is 256 g/mol. The summed E-state index contributed by atoms with van der Waals surface area (Å²) in [5.74, 6) is -1.55. The number of hydrogen-bond acceptors (Lipinski definition) is 4. The van der Waals surface area contributed by atoms with Crippen molar-refractivity contribution in [3.63, 3.8) is 0 Å². The van der Waals surface area contributed by atoms with Gasteiger partial charge in [0.2, 0.25) is 5.91 Å². The van der Waals surface area contributed by atoms with Crippen molar-refractivity contribution < 1.29 is 13.6 Å². The van der Waals surface area contributed by atoms with Crippen LogP contribution in [0.15, 0.2) is 6.07 Å². The van der Waals surface area contributed by atoms with Gasteiger partial charge in [0.05, 0.1) is 0 Å². The Morgan fingerprint density at radius 3 is 2.78 bits per heavy atom. The summed E-state index contributed by atoms with van der Waals surface area (Å²) in [5.41, 5.74) is 0. The minimum atomic E-state index is -0.754. The predicted molar refractivity (Wildman–Crippen MR) is 63.4 cm³/mol. The van der Waals surface area contributed by atoms with Crippen LogP contribution >= 0.6 is 0 Å². The molecule has 0 saturated carbocycles. The van der Waals surface area contributed by atoms with E-state index in [1.165, 1.54) is 7.05 Å². The number of carbonyl (C=O) groups is 1. The van der Waals surface area contributed by atoms with Gasteiger partial charge in [-0.1, -0.05) is 0 Å². The summed E-state index contributed by atoms with van der Waals surface area (Å²) >= 11 is 0. The molecular formula is C11H14F2N4O. The van der Waals surface area contributed by atoms with Gasteiger partial charge in [-0.25, -0.2) is 13.8 Å². The Morgan fingerprint density at radius 1 is 1.44 bits per heavy atom. The molecule has 1 unspecified atom stereocenters. The lowest BCUT2D eigenvalue weighted by atomic mass is 10.2. The van der Waals surface area contributed by atoms with Crippen LogP contribution in [0.1, 0.15) is 12.8 Å². The first-order valence-electron chi connectivity index (χ1n) is 5.67. The molecule has 3 N–H and O–H groups in total. The van der Waals surface area contributed by atoms with Crippen LogP contribution < -0.4 is 16.0 Å². The van der Waals surface area contributed by atoms with Crippen molar-refractivity contribution in [1.82, 2.24) is 10.3 Å². The Kier molecular flexibility index (Phi) is 3.59. The molecule has 2 rings (SSSR count). The van der Waals surface area contributed by atoms with E-state index >= 15 is 0 Å². The minimum Gasteiger partial charge on any atom is -0.371 e. The fraction of sp³-hybridized carbons (Fsp3) is 0.455. The van der Waals surface area contributed by atoms with Gasteiger partial charge in [-0.3, -0.25) is 4.79 Å². The number of nitrogens with zero attached hydrogens (tertiary/aromatic N) is 1. The van der Waals surface area contributed by atoms with Crippen LogP contribution in [0.4, 0.5) is 20.4 Å². The van der Waals surface area contributed by atoms with Crippen molar-refractivity contribution in [1.29, 1.82) is 0 Å². The number of halogens is 2. The van der Waals surface area contributed by atoms with Crippen molar-refractivity contribution in [3.05, 3.63) is 17.7 Å². The molecule has 1 aliphatic heterocycles. The molecule has 5 nitrogen and oxygen atoms in total. The van der Waals surface area contributed by atoms with Gasteiger partial charge in [-0.05, 0) is 6.42 Å². The Morgan fingerprint density at radius 2 is 2.17 bits per heavy atom. The fourth-order valence-electron chi connectivity index (χ4n) is 1.82. The molecule has 1 saturated heterocycles. The van der Waals surface area contributed by atoms with E-state index in [4.69, 9.17) is 0 Å². The summed E-state index contributed by atoms with van der Waals surface area (Å²) in [6.45, 7) is 0.366. The van der Waals surface area contributed by atoms with E-state index < -0.39 is 11.6 Å². The number of anilines is 2. The van der Waals surface area contributed by atoms with E-state index in [2.05, 4.69) is 20.9 Å². The van der Waals surface area contributed by atoms with Crippen LogP contribution in [0.25, 0.3) is 0 Å². The van der Waals surface area contributed by atoms with Crippen molar-refractivity contribution in [2.75, 3.05) is 24.2 Å². The van der Waals surface area contributed by atoms with E-state index in [1.54, 1.807) is 0 Å². The van der Waals surface area contributed by atoms with Crippen molar-refractivity contribution >= 4 is 17.5 Å². The number of aromatic nitrogens is 1. The summed E-state index contributed by atoms with van der Waals surface area (Å²) in [5, 5.41) is 8.05. The third kappa shape index (κ3) is 2.66. The van der Waals surface area contributed by atoms with E-state index in [9.17, 15) is 13.6 Å². The highest BCUT2D eigenvalue weighted by atomic mass is 19.1. The van der Waals surface area contributed by atoms with Gasteiger partial charge in [-0.2, -0.15) is 0 Å². The zero-order valence-corrected chi connectivity index (χ0v) is 9.89. The van der Waals surface area contributed by atoms with E-state index in [-0.39, 0.29) is 23.6 Å². The lowest BCUT2D eigenvalue weighted by Crippen LogP contribution is -2.32. The molecule has 0 aliphatic carbocycles. The zero-order chi connectivity index (χ0) is 13.1. The number of carbonyl (C=O) groups excluding carboxylic acids is 1. The second-order valence-electron chi connectivity index (χ2n) is 4.08. The third-order valence-electron chi connectivity index (χ3n) is 2.77. The molecule has 2 heterocycles. The van der Waals surface area contributed by atoms with Gasteiger partial charge in [0.1, 0.15) is 0 Å². The molecule has 1 aromatic rings. The van der Waals surface area contributed by atoms with Crippen LogP contribution in [0, 0.1) is 11.6 Å². The van der Waals surface area contributed by atoms with Crippen LogP contribution in [0.2, 0.25) is 0 Å². The molecule has 98 valence electrons. The van der Waals surface area contributed by atoms with E-state index in [0.29, 0.717) is 19.4 Å². The summed E-state index contributed by atoms with van der Waals surface area (Å²) in [7, 11) is 1.50. The maximum Gasteiger partial charge on any atom is 0.220 e. The SMILES string of the molecule is CNc1nc(NCC2CCC(=O)N2)c(F)cc1F. The first-order chi connectivity index (χ1) is 8.60. The quantitative estimate of drug-likeness (QED) is 0.754. The van der Waals surface area contributed by atoms with E-state index in [1.807, 2.05) is 0 Å². The van der Waals surface area contributed by atoms with Gasteiger partial charge < -0.3 is 16.0 Å². The minimum absolute atomic E-state index is 0.00903. The largest absolute Gasteiger partial charge is 0.371 e. The molecule has 0 radical (unpaired) electrons. The van der Waals surface area contributed by atoms with Gasteiger partial charge in [0.25, 0.3) is 0 Å². The highest BCUT2D eigenvalue weighted by Crippen LogP contribution is 2.19. The third-order valence-corrected chi connectivity index (χ3v) is 2.77. The molecule has 1 fully saturated rings. The number of pyridine rings is 1. The van der Waals surface area contributed by atoms with E-state index in [0.717, 1.165) is 6.07 Å². The van der Waals surface area contributed by atoms with Crippen LogP contribution in [-0.2, 0) is 4.79 Å². The molecule has 1 aliphatic rings. The number of hydrogen-bond donors (Lipinski definition) is 3. The van der Waals surface area contributed by atoms with Crippen molar-refractivity contribution in [2.45, 2.75) is 18.9 Å². The van der Waals surface area contributed by atoms with Crippen LogP contribution in [0.5, 0.6) is 0 Å². The lowest BCUT2D eigenvalue weighted by molar-refractivity contribution is -0.119. The Hall–Kier alpha value is -1.92. The molecule has 1 aromatic heterocycles. The molecule has 1 atom stereocenters. The lowest BCUT2D eigenvalue weighted by Gasteiger charge is -2.13. The topological polar surface area (TPSA) is 66.0 Å². The summed E-state index contributed by atoms with van der Waals surface area (Å²) < 4.78 is 26.6. The van der Waals surface area contributed by atoms with Crippen molar-refractivity contribution in [2.24, 2.45) is 0 Å².